The summed E-state index contributed by atoms with van der Waals surface area (Å²) in [5.41, 5.74) is 0. The van der Waals surface area contributed by atoms with E-state index in [9.17, 15) is 4.79 Å². The maximum absolute atomic E-state index is 12.7. The van der Waals surface area contributed by atoms with Gasteiger partial charge in [0.15, 0.2) is 11.6 Å². The standard InChI is InChI=1S/C20H31N5O2/c26-20(17-7-15-27-16-8-17)25-13-11-24(12-14-25)19-6-5-18(21-22-19)23-9-3-1-2-4-10-23/h5-6,17H,1-4,7-16H2. The van der Waals surface area contributed by atoms with Gasteiger partial charge >= 0.3 is 0 Å². The predicted molar refractivity (Wildman–Crippen MR) is 105 cm³/mol. The molecule has 0 N–H and O–H groups in total. The molecule has 27 heavy (non-hydrogen) atoms. The van der Waals surface area contributed by atoms with Gasteiger partial charge < -0.3 is 19.4 Å². The van der Waals surface area contributed by atoms with Gasteiger partial charge in [0.05, 0.1) is 0 Å². The van der Waals surface area contributed by atoms with E-state index in [0.29, 0.717) is 5.91 Å². The molecule has 1 amide bonds. The Bertz CT molecular complexity index is 601. The highest BCUT2D eigenvalue weighted by Crippen LogP contribution is 2.22. The molecule has 0 bridgehead atoms. The number of carbonyl (C=O) groups is 1. The third-order valence-electron chi connectivity index (χ3n) is 6.05. The van der Waals surface area contributed by atoms with Crippen LogP contribution in [0.2, 0.25) is 0 Å². The highest BCUT2D eigenvalue weighted by atomic mass is 16.5. The average Bonchev–Trinajstić information content (AvgIpc) is 3.04. The Morgan fingerprint density at radius 3 is 1.93 bits per heavy atom. The van der Waals surface area contributed by atoms with Crippen molar-refractivity contribution in [2.75, 3.05) is 62.3 Å². The number of carbonyl (C=O) groups excluding carboxylic acids is 1. The minimum atomic E-state index is 0.151. The van der Waals surface area contributed by atoms with Crippen LogP contribution in [0.1, 0.15) is 38.5 Å². The lowest BCUT2D eigenvalue weighted by atomic mass is 9.98. The average molecular weight is 374 g/mol. The molecule has 0 unspecified atom stereocenters. The van der Waals surface area contributed by atoms with Crippen LogP contribution in [0.15, 0.2) is 12.1 Å². The molecule has 7 nitrogen and oxygen atoms in total. The summed E-state index contributed by atoms with van der Waals surface area (Å²) in [6, 6.07) is 4.19. The zero-order valence-corrected chi connectivity index (χ0v) is 16.2. The summed E-state index contributed by atoms with van der Waals surface area (Å²) in [5, 5.41) is 8.97. The molecule has 3 aliphatic rings. The molecule has 3 saturated heterocycles. The number of ether oxygens (including phenoxy) is 1. The summed E-state index contributed by atoms with van der Waals surface area (Å²) >= 11 is 0. The second-order valence-electron chi connectivity index (χ2n) is 7.85. The Hall–Kier alpha value is -1.89. The Balaban J connectivity index is 1.30. The molecular weight excluding hydrogens is 342 g/mol. The van der Waals surface area contributed by atoms with Crippen molar-refractivity contribution in [2.24, 2.45) is 5.92 Å². The zero-order chi connectivity index (χ0) is 18.5. The largest absolute Gasteiger partial charge is 0.381 e. The number of amides is 1. The van der Waals surface area contributed by atoms with Gasteiger partial charge in [-0.2, -0.15) is 0 Å². The highest BCUT2D eigenvalue weighted by Gasteiger charge is 2.29. The van der Waals surface area contributed by atoms with Crippen molar-refractivity contribution in [1.29, 1.82) is 0 Å². The van der Waals surface area contributed by atoms with E-state index < -0.39 is 0 Å². The van der Waals surface area contributed by atoms with E-state index in [2.05, 4.69) is 32.1 Å². The minimum Gasteiger partial charge on any atom is -0.381 e. The molecule has 0 aliphatic carbocycles. The lowest BCUT2D eigenvalue weighted by molar-refractivity contribution is -0.138. The van der Waals surface area contributed by atoms with Gasteiger partial charge in [-0.1, -0.05) is 12.8 Å². The summed E-state index contributed by atoms with van der Waals surface area (Å²) in [5.74, 6) is 2.37. The van der Waals surface area contributed by atoms with Crippen molar-refractivity contribution in [2.45, 2.75) is 38.5 Å². The molecule has 148 valence electrons. The first kappa shape index (κ1) is 18.5. The molecule has 4 rings (SSSR count). The van der Waals surface area contributed by atoms with Crippen molar-refractivity contribution in [1.82, 2.24) is 15.1 Å². The van der Waals surface area contributed by atoms with Crippen LogP contribution in [0, 0.1) is 5.92 Å². The predicted octanol–water partition coefficient (Wildman–Crippen LogP) is 1.93. The maximum atomic E-state index is 12.7. The molecule has 0 saturated carbocycles. The molecular formula is C20H31N5O2. The van der Waals surface area contributed by atoms with Crippen LogP contribution in [0.3, 0.4) is 0 Å². The molecule has 0 aromatic carbocycles. The first-order chi connectivity index (χ1) is 13.3. The molecule has 1 aromatic heterocycles. The summed E-state index contributed by atoms with van der Waals surface area (Å²) in [6.45, 7) is 6.80. The van der Waals surface area contributed by atoms with E-state index in [0.717, 1.165) is 77.0 Å². The fourth-order valence-corrected chi connectivity index (χ4v) is 4.31. The van der Waals surface area contributed by atoms with Crippen LogP contribution >= 0.6 is 0 Å². The van der Waals surface area contributed by atoms with Crippen molar-refractivity contribution in [3.05, 3.63) is 12.1 Å². The molecule has 7 heteroatoms. The number of anilines is 2. The van der Waals surface area contributed by atoms with Crippen LogP contribution in [0.25, 0.3) is 0 Å². The Kier molecular flexibility index (Phi) is 6.07. The van der Waals surface area contributed by atoms with E-state index in [4.69, 9.17) is 4.74 Å². The van der Waals surface area contributed by atoms with Gasteiger partial charge in [-0.25, -0.2) is 0 Å². The lowest BCUT2D eigenvalue weighted by Crippen LogP contribution is -2.51. The fraction of sp³-hybridized carbons (Fsp3) is 0.750. The van der Waals surface area contributed by atoms with Crippen molar-refractivity contribution >= 4 is 17.5 Å². The second kappa shape index (κ2) is 8.87. The second-order valence-corrected chi connectivity index (χ2v) is 7.85. The normalized spacial score (nSPS) is 22.6. The van der Waals surface area contributed by atoms with Crippen LogP contribution in [0.4, 0.5) is 11.6 Å². The SMILES string of the molecule is O=C(C1CCOCC1)N1CCN(c2ccc(N3CCCCCC3)nn2)CC1. The number of rotatable bonds is 3. The molecule has 3 fully saturated rings. The number of piperazine rings is 1. The fourth-order valence-electron chi connectivity index (χ4n) is 4.31. The van der Waals surface area contributed by atoms with Gasteiger partial charge in [-0.15, -0.1) is 10.2 Å². The van der Waals surface area contributed by atoms with E-state index in [-0.39, 0.29) is 5.92 Å². The van der Waals surface area contributed by atoms with Crippen LogP contribution in [-0.2, 0) is 9.53 Å². The first-order valence-corrected chi connectivity index (χ1v) is 10.5. The van der Waals surface area contributed by atoms with Gasteiger partial charge in [0.1, 0.15) is 0 Å². The van der Waals surface area contributed by atoms with E-state index >= 15 is 0 Å². The summed E-state index contributed by atoms with van der Waals surface area (Å²) < 4.78 is 5.37. The number of nitrogens with zero attached hydrogens (tertiary/aromatic N) is 5. The maximum Gasteiger partial charge on any atom is 0.225 e. The lowest BCUT2D eigenvalue weighted by Gasteiger charge is -2.37. The molecule has 1 aromatic rings. The monoisotopic (exact) mass is 373 g/mol. The van der Waals surface area contributed by atoms with E-state index in [1.807, 2.05) is 4.90 Å². The molecule has 0 atom stereocenters. The van der Waals surface area contributed by atoms with Gasteiger partial charge in [0, 0.05) is 58.4 Å². The summed E-state index contributed by atoms with van der Waals surface area (Å²) in [6.07, 6.45) is 6.85. The van der Waals surface area contributed by atoms with Gasteiger partial charge in [-0.3, -0.25) is 4.79 Å². The number of hydrogen-bond acceptors (Lipinski definition) is 6. The van der Waals surface area contributed by atoms with Crippen LogP contribution in [-0.4, -0.2) is 73.5 Å². The number of aromatic nitrogens is 2. The molecule has 3 aliphatic heterocycles. The zero-order valence-electron chi connectivity index (χ0n) is 16.2. The van der Waals surface area contributed by atoms with Gasteiger partial charge in [0.25, 0.3) is 0 Å². The molecule has 4 heterocycles. The van der Waals surface area contributed by atoms with E-state index in [1.54, 1.807) is 0 Å². The third-order valence-corrected chi connectivity index (χ3v) is 6.05. The molecule has 0 spiro atoms. The topological polar surface area (TPSA) is 61.8 Å². The van der Waals surface area contributed by atoms with Crippen molar-refractivity contribution in [3.63, 3.8) is 0 Å². The summed E-state index contributed by atoms with van der Waals surface area (Å²) in [7, 11) is 0. The Morgan fingerprint density at radius 2 is 1.37 bits per heavy atom. The first-order valence-electron chi connectivity index (χ1n) is 10.5. The smallest absolute Gasteiger partial charge is 0.225 e. The Morgan fingerprint density at radius 1 is 0.815 bits per heavy atom. The summed E-state index contributed by atoms with van der Waals surface area (Å²) in [4.78, 5) is 19.3. The highest BCUT2D eigenvalue weighted by molar-refractivity contribution is 5.79. The van der Waals surface area contributed by atoms with E-state index in [1.165, 1.54) is 25.7 Å². The third kappa shape index (κ3) is 4.51. The molecule has 0 radical (unpaired) electrons. The van der Waals surface area contributed by atoms with Crippen LogP contribution < -0.4 is 9.80 Å². The van der Waals surface area contributed by atoms with Gasteiger partial charge in [-0.05, 0) is 37.8 Å². The van der Waals surface area contributed by atoms with Crippen LogP contribution in [0.5, 0.6) is 0 Å². The van der Waals surface area contributed by atoms with Gasteiger partial charge in [0.2, 0.25) is 5.91 Å². The quantitative estimate of drug-likeness (QED) is 0.807. The Labute approximate surface area is 161 Å². The minimum absolute atomic E-state index is 0.151. The van der Waals surface area contributed by atoms with Crippen molar-refractivity contribution < 1.29 is 9.53 Å². The van der Waals surface area contributed by atoms with Crippen molar-refractivity contribution in [3.8, 4) is 0 Å². The number of hydrogen-bond donors (Lipinski definition) is 0.